The Morgan fingerprint density at radius 3 is 2.75 bits per heavy atom. The Morgan fingerprint density at radius 2 is 2.19 bits per heavy atom. The third-order valence-electron chi connectivity index (χ3n) is 3.32. The molecule has 0 aromatic carbocycles. The molecule has 1 aliphatic heterocycles. The van der Waals surface area contributed by atoms with E-state index in [1.807, 2.05) is 13.0 Å². The van der Waals surface area contributed by atoms with Crippen LogP contribution in [-0.4, -0.2) is 29.3 Å². The van der Waals surface area contributed by atoms with Gasteiger partial charge < -0.3 is 15.7 Å². The number of aromatic nitrogens is 1. The van der Waals surface area contributed by atoms with Crippen LogP contribution in [0.3, 0.4) is 0 Å². The van der Waals surface area contributed by atoms with Crippen LogP contribution in [0.25, 0.3) is 0 Å². The molecule has 0 amide bonds. The molecule has 0 radical (unpaired) electrons. The van der Waals surface area contributed by atoms with Gasteiger partial charge in [-0.15, -0.1) is 0 Å². The van der Waals surface area contributed by atoms with Gasteiger partial charge in [0, 0.05) is 31.0 Å². The molecule has 88 valence electrons. The van der Waals surface area contributed by atoms with Crippen molar-refractivity contribution in [3.63, 3.8) is 0 Å². The Bertz CT molecular complexity index is 346. The molecule has 0 saturated carbocycles. The minimum Gasteiger partial charge on any atom is -0.399 e. The largest absolute Gasteiger partial charge is 0.399 e. The highest BCUT2D eigenvalue weighted by atomic mass is 16.3. The van der Waals surface area contributed by atoms with Crippen LogP contribution in [0.1, 0.15) is 19.8 Å². The van der Waals surface area contributed by atoms with Gasteiger partial charge >= 0.3 is 0 Å². The van der Waals surface area contributed by atoms with Crippen molar-refractivity contribution in [3.8, 4) is 0 Å². The molecule has 2 rings (SSSR count). The number of nitrogens with zero attached hydrogens (tertiary/aromatic N) is 2. The molecule has 0 bridgehead atoms. The first-order valence-electron chi connectivity index (χ1n) is 5.81. The fraction of sp³-hybridized carbons (Fsp3) is 0.583. The molecule has 4 nitrogen and oxygen atoms in total. The van der Waals surface area contributed by atoms with E-state index in [4.69, 9.17) is 5.73 Å². The van der Waals surface area contributed by atoms with E-state index in [0.29, 0.717) is 5.92 Å². The first-order valence-corrected chi connectivity index (χ1v) is 5.81. The Labute approximate surface area is 96.1 Å². The summed E-state index contributed by atoms with van der Waals surface area (Å²) < 4.78 is 0. The van der Waals surface area contributed by atoms with Crippen molar-refractivity contribution in [2.24, 2.45) is 5.92 Å². The molecule has 2 heterocycles. The summed E-state index contributed by atoms with van der Waals surface area (Å²) in [5.41, 5.74) is 6.49. The monoisotopic (exact) mass is 221 g/mol. The van der Waals surface area contributed by atoms with Crippen molar-refractivity contribution in [2.45, 2.75) is 25.9 Å². The van der Waals surface area contributed by atoms with Crippen LogP contribution < -0.4 is 10.6 Å². The van der Waals surface area contributed by atoms with Crippen molar-refractivity contribution in [1.82, 2.24) is 4.98 Å². The summed E-state index contributed by atoms with van der Waals surface area (Å²) >= 11 is 0. The smallest absolute Gasteiger partial charge is 0.130 e. The van der Waals surface area contributed by atoms with E-state index in [1.165, 1.54) is 0 Å². The first-order chi connectivity index (χ1) is 7.66. The molecule has 0 aliphatic carbocycles. The number of aliphatic hydroxyl groups excluding tert-OH is 1. The number of hydrogen-bond acceptors (Lipinski definition) is 4. The topological polar surface area (TPSA) is 62.4 Å². The van der Waals surface area contributed by atoms with Crippen molar-refractivity contribution in [1.29, 1.82) is 0 Å². The van der Waals surface area contributed by atoms with E-state index in [2.05, 4.69) is 9.88 Å². The minimum absolute atomic E-state index is 0.198. The molecule has 1 aromatic rings. The average Bonchev–Trinajstić information content (AvgIpc) is 2.29. The molecule has 1 aliphatic rings. The van der Waals surface area contributed by atoms with E-state index in [1.54, 1.807) is 12.3 Å². The normalized spacial score (nSPS) is 19.8. The number of pyridine rings is 1. The van der Waals surface area contributed by atoms with Crippen LogP contribution in [0.4, 0.5) is 11.5 Å². The molecular formula is C12H19N3O. The Hall–Kier alpha value is -1.29. The summed E-state index contributed by atoms with van der Waals surface area (Å²) in [5.74, 6) is 1.38. The number of nitrogens with two attached hydrogens (primary N) is 1. The lowest BCUT2D eigenvalue weighted by Crippen LogP contribution is -2.37. The van der Waals surface area contributed by atoms with Gasteiger partial charge in [-0.1, -0.05) is 0 Å². The van der Waals surface area contributed by atoms with Gasteiger partial charge in [-0.2, -0.15) is 0 Å². The van der Waals surface area contributed by atoms with Crippen LogP contribution in [0.2, 0.25) is 0 Å². The standard InChI is InChI=1S/C12H19N3O/c1-9(16)10-3-6-15(7-4-10)12-8-11(13)2-5-14-12/h2,5,8-10,16H,3-4,6-7H2,1H3,(H2,13,14). The lowest BCUT2D eigenvalue weighted by atomic mass is 9.92. The number of nitrogen functional groups attached to an aromatic ring is 1. The van der Waals surface area contributed by atoms with Gasteiger partial charge in [-0.05, 0) is 31.7 Å². The molecule has 1 unspecified atom stereocenters. The fourth-order valence-electron chi connectivity index (χ4n) is 2.22. The van der Waals surface area contributed by atoms with Crippen molar-refractivity contribution in [3.05, 3.63) is 18.3 Å². The zero-order valence-corrected chi connectivity index (χ0v) is 9.63. The Kier molecular flexibility index (Phi) is 3.29. The van der Waals surface area contributed by atoms with Gasteiger partial charge in [0.2, 0.25) is 0 Å². The Morgan fingerprint density at radius 1 is 1.50 bits per heavy atom. The molecule has 1 fully saturated rings. The highest BCUT2D eigenvalue weighted by Gasteiger charge is 2.23. The minimum atomic E-state index is -0.198. The second kappa shape index (κ2) is 4.70. The van der Waals surface area contributed by atoms with Crippen molar-refractivity contribution >= 4 is 11.5 Å². The molecule has 16 heavy (non-hydrogen) atoms. The predicted octanol–water partition coefficient (Wildman–Crippen LogP) is 1.26. The predicted molar refractivity (Wildman–Crippen MR) is 65.3 cm³/mol. The van der Waals surface area contributed by atoms with Gasteiger partial charge in [0.25, 0.3) is 0 Å². The quantitative estimate of drug-likeness (QED) is 0.789. The van der Waals surface area contributed by atoms with Gasteiger partial charge in [0.15, 0.2) is 0 Å². The number of piperidine rings is 1. The SMILES string of the molecule is CC(O)C1CCN(c2cc(N)ccn2)CC1. The molecule has 1 atom stereocenters. The van der Waals surface area contributed by atoms with Gasteiger partial charge in [-0.25, -0.2) is 4.98 Å². The van der Waals surface area contributed by atoms with E-state index in [9.17, 15) is 5.11 Å². The van der Waals surface area contributed by atoms with Crippen LogP contribution in [-0.2, 0) is 0 Å². The zero-order chi connectivity index (χ0) is 11.5. The summed E-state index contributed by atoms with van der Waals surface area (Å²) in [6, 6.07) is 3.70. The summed E-state index contributed by atoms with van der Waals surface area (Å²) in [5, 5.41) is 9.52. The second-order valence-electron chi connectivity index (χ2n) is 4.51. The number of hydrogen-bond donors (Lipinski definition) is 2. The summed E-state index contributed by atoms with van der Waals surface area (Å²) in [6.07, 6.45) is 3.59. The number of aliphatic hydroxyl groups is 1. The average molecular weight is 221 g/mol. The van der Waals surface area contributed by atoms with E-state index in [-0.39, 0.29) is 6.10 Å². The second-order valence-corrected chi connectivity index (χ2v) is 4.51. The summed E-state index contributed by atoms with van der Waals surface area (Å²) in [4.78, 5) is 6.55. The third kappa shape index (κ3) is 2.44. The maximum absolute atomic E-state index is 9.52. The van der Waals surface area contributed by atoms with Crippen LogP contribution in [0, 0.1) is 5.92 Å². The third-order valence-corrected chi connectivity index (χ3v) is 3.32. The van der Waals surface area contributed by atoms with E-state index in [0.717, 1.165) is 37.4 Å². The summed E-state index contributed by atoms with van der Waals surface area (Å²) in [7, 11) is 0. The first kappa shape index (κ1) is 11.2. The lowest BCUT2D eigenvalue weighted by molar-refractivity contribution is 0.110. The highest BCUT2D eigenvalue weighted by Crippen LogP contribution is 2.24. The van der Waals surface area contributed by atoms with E-state index >= 15 is 0 Å². The highest BCUT2D eigenvalue weighted by molar-refractivity contribution is 5.50. The van der Waals surface area contributed by atoms with Crippen molar-refractivity contribution in [2.75, 3.05) is 23.7 Å². The van der Waals surface area contributed by atoms with Crippen LogP contribution in [0.15, 0.2) is 18.3 Å². The zero-order valence-electron chi connectivity index (χ0n) is 9.63. The van der Waals surface area contributed by atoms with E-state index < -0.39 is 0 Å². The molecular weight excluding hydrogens is 202 g/mol. The van der Waals surface area contributed by atoms with Crippen LogP contribution >= 0.6 is 0 Å². The number of rotatable bonds is 2. The lowest BCUT2D eigenvalue weighted by Gasteiger charge is -2.34. The molecule has 4 heteroatoms. The fourth-order valence-corrected chi connectivity index (χ4v) is 2.22. The molecule has 3 N–H and O–H groups in total. The molecule has 1 saturated heterocycles. The van der Waals surface area contributed by atoms with Gasteiger partial charge in [-0.3, -0.25) is 0 Å². The van der Waals surface area contributed by atoms with Crippen LogP contribution in [0.5, 0.6) is 0 Å². The molecule has 1 aromatic heterocycles. The maximum Gasteiger partial charge on any atom is 0.130 e. The summed E-state index contributed by atoms with van der Waals surface area (Å²) in [6.45, 7) is 3.77. The number of anilines is 2. The molecule has 0 spiro atoms. The Balaban J connectivity index is 1.99. The maximum atomic E-state index is 9.52. The van der Waals surface area contributed by atoms with Gasteiger partial charge in [0.1, 0.15) is 5.82 Å². The van der Waals surface area contributed by atoms with Crippen molar-refractivity contribution < 1.29 is 5.11 Å². The van der Waals surface area contributed by atoms with Gasteiger partial charge in [0.05, 0.1) is 6.10 Å².